The minimum absolute atomic E-state index is 0.147. The van der Waals surface area contributed by atoms with E-state index in [1.54, 1.807) is 23.7 Å². The van der Waals surface area contributed by atoms with Gasteiger partial charge in [-0.05, 0) is 24.3 Å². The number of halogens is 1. The smallest absolute Gasteiger partial charge is 0.237 e. The molecular formula is C13H12ClN5O2S. The number of benzene rings is 1. The Hall–Kier alpha value is -1.90. The van der Waals surface area contributed by atoms with Crippen molar-refractivity contribution in [2.75, 3.05) is 0 Å². The molecule has 0 aliphatic carbocycles. The third-order valence-electron chi connectivity index (χ3n) is 2.96. The van der Waals surface area contributed by atoms with Crippen LogP contribution in [0.3, 0.4) is 0 Å². The van der Waals surface area contributed by atoms with Crippen LogP contribution in [0.5, 0.6) is 0 Å². The number of hydrogen-bond donors (Lipinski definition) is 1. The molecule has 3 rings (SSSR count). The fourth-order valence-electron chi connectivity index (χ4n) is 1.76. The SMILES string of the molecule is Cn1c(CO)nnc1SCc1nc(-c2ccc(Cl)cc2)no1. The summed E-state index contributed by atoms with van der Waals surface area (Å²) in [5.41, 5.74) is 0.839. The molecule has 3 aromatic rings. The summed E-state index contributed by atoms with van der Waals surface area (Å²) < 4.78 is 6.95. The Kier molecular flexibility index (Phi) is 4.41. The Balaban J connectivity index is 1.69. The first-order valence-corrected chi connectivity index (χ1v) is 7.74. The van der Waals surface area contributed by atoms with Gasteiger partial charge in [-0.25, -0.2) is 0 Å². The summed E-state index contributed by atoms with van der Waals surface area (Å²) in [4.78, 5) is 4.33. The van der Waals surface area contributed by atoms with Gasteiger partial charge < -0.3 is 14.2 Å². The maximum atomic E-state index is 9.08. The van der Waals surface area contributed by atoms with Crippen LogP contribution in [0.25, 0.3) is 11.4 Å². The van der Waals surface area contributed by atoms with Gasteiger partial charge in [0.1, 0.15) is 6.61 Å². The quantitative estimate of drug-likeness (QED) is 0.714. The zero-order valence-corrected chi connectivity index (χ0v) is 13.2. The first-order chi connectivity index (χ1) is 10.7. The second-order valence-electron chi connectivity index (χ2n) is 4.42. The Morgan fingerprint density at radius 3 is 2.73 bits per heavy atom. The molecule has 1 aromatic carbocycles. The van der Waals surface area contributed by atoms with Gasteiger partial charge in [0.05, 0.1) is 5.75 Å². The summed E-state index contributed by atoms with van der Waals surface area (Å²) in [6, 6.07) is 7.22. The van der Waals surface area contributed by atoms with Crippen molar-refractivity contribution in [2.45, 2.75) is 17.5 Å². The molecular weight excluding hydrogens is 326 g/mol. The molecule has 0 radical (unpaired) electrons. The van der Waals surface area contributed by atoms with Crippen molar-refractivity contribution in [2.24, 2.45) is 7.05 Å². The Labute approximate surface area is 135 Å². The second kappa shape index (κ2) is 6.47. The van der Waals surface area contributed by atoms with Crippen LogP contribution >= 0.6 is 23.4 Å². The van der Waals surface area contributed by atoms with E-state index in [2.05, 4.69) is 20.3 Å². The highest BCUT2D eigenvalue weighted by atomic mass is 35.5. The number of nitrogens with zero attached hydrogens (tertiary/aromatic N) is 5. The molecule has 0 unspecified atom stereocenters. The van der Waals surface area contributed by atoms with Crippen molar-refractivity contribution in [3.8, 4) is 11.4 Å². The Bertz CT molecular complexity index is 771. The van der Waals surface area contributed by atoms with Gasteiger partial charge in [0.25, 0.3) is 0 Å². The number of rotatable bonds is 5. The number of aromatic nitrogens is 5. The number of aliphatic hydroxyl groups is 1. The highest BCUT2D eigenvalue weighted by Gasteiger charge is 2.12. The van der Waals surface area contributed by atoms with Gasteiger partial charge in [-0.3, -0.25) is 0 Å². The van der Waals surface area contributed by atoms with Crippen molar-refractivity contribution >= 4 is 23.4 Å². The molecule has 9 heteroatoms. The van der Waals surface area contributed by atoms with Gasteiger partial charge in [-0.15, -0.1) is 10.2 Å². The van der Waals surface area contributed by atoms with Gasteiger partial charge >= 0.3 is 0 Å². The van der Waals surface area contributed by atoms with Gasteiger partial charge in [-0.1, -0.05) is 28.5 Å². The van der Waals surface area contributed by atoms with Crippen molar-refractivity contribution in [1.29, 1.82) is 0 Å². The van der Waals surface area contributed by atoms with Crippen molar-refractivity contribution in [3.63, 3.8) is 0 Å². The lowest BCUT2D eigenvalue weighted by Crippen LogP contribution is -1.98. The third kappa shape index (κ3) is 3.13. The molecule has 0 aliphatic heterocycles. The summed E-state index contributed by atoms with van der Waals surface area (Å²) in [5, 5.41) is 22.2. The van der Waals surface area contributed by atoms with Crippen LogP contribution in [0.1, 0.15) is 11.7 Å². The average Bonchev–Trinajstić information content (AvgIpc) is 3.13. The van der Waals surface area contributed by atoms with Crippen LogP contribution < -0.4 is 0 Å². The maximum Gasteiger partial charge on any atom is 0.237 e. The van der Waals surface area contributed by atoms with E-state index < -0.39 is 0 Å². The number of aliphatic hydroxyl groups excluding tert-OH is 1. The molecule has 22 heavy (non-hydrogen) atoms. The van der Waals surface area contributed by atoms with Crippen LogP contribution in [0.2, 0.25) is 5.02 Å². The lowest BCUT2D eigenvalue weighted by Gasteiger charge is -1.99. The number of hydrogen-bond acceptors (Lipinski definition) is 7. The largest absolute Gasteiger partial charge is 0.388 e. The molecule has 7 nitrogen and oxygen atoms in total. The van der Waals surface area contributed by atoms with E-state index in [1.807, 2.05) is 12.1 Å². The predicted octanol–water partition coefficient (Wildman–Crippen LogP) is 2.30. The summed E-state index contributed by atoms with van der Waals surface area (Å²) in [5.74, 6) is 1.98. The molecule has 0 bridgehead atoms. The molecule has 0 saturated carbocycles. The molecule has 0 saturated heterocycles. The fourth-order valence-corrected chi connectivity index (χ4v) is 2.66. The van der Waals surface area contributed by atoms with Gasteiger partial charge in [0.15, 0.2) is 11.0 Å². The summed E-state index contributed by atoms with van der Waals surface area (Å²) >= 11 is 7.26. The maximum absolute atomic E-state index is 9.08. The third-order valence-corrected chi connectivity index (χ3v) is 4.22. The van der Waals surface area contributed by atoms with Crippen molar-refractivity contribution in [3.05, 3.63) is 41.0 Å². The number of thioether (sulfide) groups is 1. The molecule has 114 valence electrons. The summed E-state index contributed by atoms with van der Waals surface area (Å²) in [7, 11) is 1.79. The molecule has 0 spiro atoms. The lowest BCUT2D eigenvalue weighted by atomic mass is 10.2. The van der Waals surface area contributed by atoms with E-state index in [0.29, 0.717) is 33.5 Å². The zero-order chi connectivity index (χ0) is 15.5. The lowest BCUT2D eigenvalue weighted by molar-refractivity contribution is 0.266. The molecule has 2 heterocycles. The van der Waals surface area contributed by atoms with Crippen LogP contribution in [0.4, 0.5) is 0 Å². The van der Waals surface area contributed by atoms with Gasteiger partial charge in [0, 0.05) is 17.6 Å². The molecule has 2 aromatic heterocycles. The Morgan fingerprint density at radius 1 is 1.27 bits per heavy atom. The predicted molar refractivity (Wildman–Crippen MR) is 81.2 cm³/mol. The molecule has 0 aliphatic rings. The van der Waals surface area contributed by atoms with Crippen LogP contribution in [-0.2, 0) is 19.4 Å². The minimum atomic E-state index is -0.147. The highest BCUT2D eigenvalue weighted by Crippen LogP contribution is 2.23. The first-order valence-electron chi connectivity index (χ1n) is 6.38. The van der Waals surface area contributed by atoms with E-state index in [9.17, 15) is 0 Å². The van der Waals surface area contributed by atoms with E-state index in [4.69, 9.17) is 21.2 Å². The van der Waals surface area contributed by atoms with E-state index in [0.717, 1.165) is 5.56 Å². The Morgan fingerprint density at radius 2 is 2.05 bits per heavy atom. The topological polar surface area (TPSA) is 89.9 Å². The summed E-state index contributed by atoms with van der Waals surface area (Å²) in [6.07, 6.45) is 0. The van der Waals surface area contributed by atoms with Crippen LogP contribution in [-0.4, -0.2) is 30.0 Å². The van der Waals surface area contributed by atoms with E-state index in [-0.39, 0.29) is 6.61 Å². The molecule has 0 amide bonds. The molecule has 0 atom stereocenters. The van der Waals surface area contributed by atoms with Gasteiger partial charge in [-0.2, -0.15) is 4.98 Å². The minimum Gasteiger partial charge on any atom is -0.388 e. The highest BCUT2D eigenvalue weighted by molar-refractivity contribution is 7.98. The fraction of sp³-hybridized carbons (Fsp3) is 0.231. The van der Waals surface area contributed by atoms with Crippen molar-refractivity contribution in [1.82, 2.24) is 24.9 Å². The monoisotopic (exact) mass is 337 g/mol. The van der Waals surface area contributed by atoms with Crippen LogP contribution in [0, 0.1) is 0 Å². The summed E-state index contributed by atoms with van der Waals surface area (Å²) in [6.45, 7) is -0.147. The van der Waals surface area contributed by atoms with Gasteiger partial charge in [0.2, 0.25) is 11.7 Å². The zero-order valence-electron chi connectivity index (χ0n) is 11.6. The first kappa shape index (κ1) is 15.0. The standard InChI is InChI=1S/C13H12ClN5O2S/c1-19-10(6-20)16-17-13(19)22-7-11-15-12(18-21-11)8-2-4-9(14)5-3-8/h2-5,20H,6-7H2,1H3. The van der Waals surface area contributed by atoms with Crippen molar-refractivity contribution < 1.29 is 9.63 Å². The molecule has 0 fully saturated rings. The van der Waals surface area contributed by atoms with Crippen LogP contribution in [0.15, 0.2) is 33.9 Å². The second-order valence-corrected chi connectivity index (χ2v) is 5.80. The average molecular weight is 338 g/mol. The van der Waals surface area contributed by atoms with E-state index in [1.165, 1.54) is 11.8 Å². The molecule has 1 N–H and O–H groups in total. The normalized spacial score (nSPS) is 11.0. The van der Waals surface area contributed by atoms with E-state index >= 15 is 0 Å².